The van der Waals surface area contributed by atoms with E-state index in [1.165, 1.54) is 30.7 Å². The summed E-state index contributed by atoms with van der Waals surface area (Å²) in [5.41, 5.74) is 3.12. The van der Waals surface area contributed by atoms with Gasteiger partial charge >= 0.3 is 6.09 Å². The van der Waals surface area contributed by atoms with Gasteiger partial charge in [-0.3, -0.25) is 4.98 Å². The average Bonchev–Trinajstić information content (AvgIpc) is 2.35. The number of hydrogen-bond donors (Lipinski definition) is 0. The van der Waals surface area contributed by atoms with E-state index in [1.54, 1.807) is 4.90 Å². The normalized spacial score (nSPS) is 22.0. The molecular formula is C18H26N2O2. The monoisotopic (exact) mass is 302 g/mol. The number of ether oxygens (including phenoxy) is 1. The number of fused-ring (bicyclic) bond motifs is 1. The van der Waals surface area contributed by atoms with E-state index in [0.717, 1.165) is 5.56 Å². The van der Waals surface area contributed by atoms with Gasteiger partial charge in [0.1, 0.15) is 5.60 Å². The first-order valence-electron chi connectivity index (χ1n) is 8.31. The minimum absolute atomic E-state index is 0.229. The maximum atomic E-state index is 12.3. The zero-order valence-corrected chi connectivity index (χ0v) is 14.1. The van der Waals surface area contributed by atoms with Crippen LogP contribution in [0.2, 0.25) is 0 Å². The van der Waals surface area contributed by atoms with E-state index in [4.69, 9.17) is 9.72 Å². The summed E-state index contributed by atoms with van der Waals surface area (Å²) in [6.07, 6.45) is 3.63. The van der Waals surface area contributed by atoms with Crippen molar-refractivity contribution in [3.05, 3.63) is 29.1 Å². The van der Waals surface area contributed by atoms with Gasteiger partial charge in [0, 0.05) is 24.1 Å². The van der Waals surface area contributed by atoms with Crippen molar-refractivity contribution < 1.29 is 9.53 Å². The second kappa shape index (κ2) is 5.56. The van der Waals surface area contributed by atoms with Gasteiger partial charge in [0.15, 0.2) is 0 Å². The van der Waals surface area contributed by atoms with Crippen molar-refractivity contribution in [2.75, 3.05) is 6.54 Å². The highest BCUT2D eigenvalue weighted by molar-refractivity contribution is 5.68. The van der Waals surface area contributed by atoms with Crippen molar-refractivity contribution in [1.29, 1.82) is 0 Å². The lowest BCUT2D eigenvalue weighted by atomic mass is 9.82. The van der Waals surface area contributed by atoms with Crippen LogP contribution in [0.3, 0.4) is 0 Å². The first kappa shape index (κ1) is 15.3. The molecule has 0 spiro atoms. The van der Waals surface area contributed by atoms with Crippen LogP contribution < -0.4 is 0 Å². The molecule has 1 saturated carbocycles. The Morgan fingerprint density at radius 3 is 2.64 bits per heavy atom. The second-order valence-corrected chi connectivity index (χ2v) is 7.67. The number of amides is 1. The maximum Gasteiger partial charge on any atom is 0.410 e. The summed E-state index contributed by atoms with van der Waals surface area (Å²) in [5, 5.41) is 0. The number of rotatable bonds is 1. The summed E-state index contributed by atoms with van der Waals surface area (Å²) in [6.45, 7) is 9.14. The first-order chi connectivity index (χ1) is 10.3. The third kappa shape index (κ3) is 3.11. The van der Waals surface area contributed by atoms with Gasteiger partial charge in [-0.15, -0.1) is 0 Å². The van der Waals surface area contributed by atoms with Crippen LogP contribution in [0.5, 0.6) is 0 Å². The largest absolute Gasteiger partial charge is 0.444 e. The lowest BCUT2D eigenvalue weighted by Gasteiger charge is -2.34. The lowest BCUT2D eigenvalue weighted by Crippen LogP contribution is -2.41. The van der Waals surface area contributed by atoms with Crippen molar-refractivity contribution in [3.63, 3.8) is 0 Å². The van der Waals surface area contributed by atoms with Gasteiger partial charge in [0.05, 0.1) is 12.2 Å². The molecule has 120 valence electrons. The molecule has 1 unspecified atom stereocenters. The van der Waals surface area contributed by atoms with E-state index in [-0.39, 0.29) is 12.0 Å². The summed E-state index contributed by atoms with van der Waals surface area (Å²) in [5.74, 6) is 0.915. The van der Waals surface area contributed by atoms with Gasteiger partial charge in [-0.2, -0.15) is 0 Å². The molecule has 1 amide bonds. The highest BCUT2D eigenvalue weighted by Gasteiger charge is 2.31. The number of aromatic nitrogens is 1. The van der Waals surface area contributed by atoms with Gasteiger partial charge in [0.25, 0.3) is 0 Å². The molecule has 1 aromatic heterocycles. The van der Waals surface area contributed by atoms with Crippen molar-refractivity contribution >= 4 is 6.09 Å². The molecule has 4 nitrogen and oxygen atoms in total. The highest BCUT2D eigenvalue weighted by atomic mass is 16.6. The summed E-state index contributed by atoms with van der Waals surface area (Å²) < 4.78 is 5.50. The Balaban J connectivity index is 1.76. The Morgan fingerprint density at radius 2 is 2.05 bits per heavy atom. The second-order valence-electron chi connectivity index (χ2n) is 7.67. The maximum absolute atomic E-state index is 12.3. The molecule has 3 rings (SSSR count). The Labute approximate surface area is 132 Å². The summed E-state index contributed by atoms with van der Waals surface area (Å²) >= 11 is 0. The molecule has 2 heterocycles. The number of nitrogens with zero attached hydrogens (tertiary/aromatic N) is 2. The van der Waals surface area contributed by atoms with E-state index in [2.05, 4.69) is 19.1 Å². The zero-order chi connectivity index (χ0) is 15.9. The fourth-order valence-corrected chi connectivity index (χ4v) is 3.16. The molecule has 2 aliphatic rings. The molecule has 1 aliphatic carbocycles. The number of carbonyl (C=O) groups excluding carboxylic acids is 1. The standard InChI is InChI=1S/C18H26N2O2/c1-12-10-20(17(21)22-18(2,3)4)11-14-8-9-15(19-16(12)14)13-6-5-7-13/h8-9,12-13H,5-7,10-11H2,1-4H3. The van der Waals surface area contributed by atoms with Gasteiger partial charge < -0.3 is 9.64 Å². The number of carbonyl (C=O) groups is 1. The van der Waals surface area contributed by atoms with Crippen LogP contribution in [0, 0.1) is 0 Å². The smallest absolute Gasteiger partial charge is 0.410 e. The lowest BCUT2D eigenvalue weighted by molar-refractivity contribution is 0.0207. The molecule has 0 bridgehead atoms. The number of pyridine rings is 1. The van der Waals surface area contributed by atoms with Gasteiger partial charge in [-0.25, -0.2) is 4.79 Å². The third-order valence-electron chi connectivity index (χ3n) is 4.53. The first-order valence-corrected chi connectivity index (χ1v) is 8.31. The fourth-order valence-electron chi connectivity index (χ4n) is 3.16. The SMILES string of the molecule is CC1CN(C(=O)OC(C)(C)C)Cc2ccc(C3CCC3)nc21. The fraction of sp³-hybridized carbons (Fsp3) is 0.667. The molecule has 1 aliphatic heterocycles. The quantitative estimate of drug-likeness (QED) is 0.780. The van der Waals surface area contributed by atoms with E-state index < -0.39 is 5.60 Å². The van der Waals surface area contributed by atoms with E-state index in [9.17, 15) is 4.79 Å². The molecule has 0 radical (unpaired) electrons. The predicted octanol–water partition coefficient (Wildman–Crippen LogP) is 4.20. The van der Waals surface area contributed by atoms with Crippen molar-refractivity contribution in [2.24, 2.45) is 0 Å². The van der Waals surface area contributed by atoms with Crippen LogP contribution in [0.15, 0.2) is 12.1 Å². The molecular weight excluding hydrogens is 276 g/mol. The van der Waals surface area contributed by atoms with Crippen molar-refractivity contribution in [1.82, 2.24) is 9.88 Å². The van der Waals surface area contributed by atoms with Crippen LogP contribution in [-0.4, -0.2) is 28.1 Å². The Bertz CT molecular complexity index is 573. The molecule has 22 heavy (non-hydrogen) atoms. The molecule has 1 fully saturated rings. The Kier molecular flexibility index (Phi) is 3.87. The van der Waals surface area contributed by atoms with E-state index >= 15 is 0 Å². The molecule has 0 saturated heterocycles. The zero-order valence-electron chi connectivity index (χ0n) is 14.1. The van der Waals surface area contributed by atoms with Crippen molar-refractivity contribution in [2.45, 2.75) is 70.9 Å². The third-order valence-corrected chi connectivity index (χ3v) is 4.53. The average molecular weight is 302 g/mol. The molecule has 1 aromatic rings. The van der Waals surface area contributed by atoms with Crippen LogP contribution in [0.1, 0.15) is 75.7 Å². The van der Waals surface area contributed by atoms with Gasteiger partial charge in [-0.05, 0) is 45.2 Å². The predicted molar refractivity (Wildman–Crippen MR) is 85.9 cm³/mol. The molecule has 1 atom stereocenters. The molecule has 0 aromatic carbocycles. The van der Waals surface area contributed by atoms with E-state index in [0.29, 0.717) is 19.0 Å². The summed E-state index contributed by atoms with van der Waals surface area (Å²) in [6, 6.07) is 4.30. The van der Waals surface area contributed by atoms with Gasteiger partial charge in [-0.1, -0.05) is 19.4 Å². The highest BCUT2D eigenvalue weighted by Crippen LogP contribution is 2.37. The van der Waals surface area contributed by atoms with Gasteiger partial charge in [0.2, 0.25) is 0 Å². The minimum Gasteiger partial charge on any atom is -0.444 e. The van der Waals surface area contributed by atoms with E-state index in [1.807, 2.05) is 20.8 Å². The summed E-state index contributed by atoms with van der Waals surface area (Å²) in [7, 11) is 0. The van der Waals surface area contributed by atoms with Crippen LogP contribution in [0.4, 0.5) is 4.79 Å². The molecule has 4 heteroatoms. The van der Waals surface area contributed by atoms with Crippen molar-refractivity contribution in [3.8, 4) is 0 Å². The number of hydrogen-bond acceptors (Lipinski definition) is 3. The Morgan fingerprint density at radius 1 is 1.32 bits per heavy atom. The Hall–Kier alpha value is -1.58. The molecule has 0 N–H and O–H groups in total. The van der Waals surface area contributed by atoms with Crippen LogP contribution >= 0.6 is 0 Å². The van der Waals surface area contributed by atoms with Crippen LogP contribution in [0.25, 0.3) is 0 Å². The van der Waals surface area contributed by atoms with Crippen LogP contribution in [-0.2, 0) is 11.3 Å². The topological polar surface area (TPSA) is 42.4 Å². The summed E-state index contributed by atoms with van der Waals surface area (Å²) in [4.78, 5) is 19.0. The minimum atomic E-state index is -0.451.